The van der Waals surface area contributed by atoms with E-state index >= 15 is 0 Å². The summed E-state index contributed by atoms with van der Waals surface area (Å²) in [5, 5.41) is 15.9. The molecule has 3 unspecified atom stereocenters. The van der Waals surface area contributed by atoms with Crippen LogP contribution in [0.3, 0.4) is 0 Å². The van der Waals surface area contributed by atoms with E-state index in [1.165, 1.54) is 12.8 Å². The van der Waals surface area contributed by atoms with Gasteiger partial charge in [-0.15, -0.1) is 0 Å². The van der Waals surface area contributed by atoms with E-state index in [0.29, 0.717) is 11.7 Å². The van der Waals surface area contributed by atoms with Gasteiger partial charge in [0.2, 0.25) is 0 Å². The lowest BCUT2D eigenvalue weighted by atomic mass is 10.1. The summed E-state index contributed by atoms with van der Waals surface area (Å²) in [6.45, 7) is -0.0566. The fourth-order valence-electron chi connectivity index (χ4n) is 2.83. The average Bonchev–Trinajstić information content (AvgIpc) is 2.94. The fourth-order valence-corrected chi connectivity index (χ4v) is 3.76. The first-order valence-electron chi connectivity index (χ1n) is 7.47. The number of carbonyl (C=O) groups is 1. The van der Waals surface area contributed by atoms with Gasteiger partial charge in [0.15, 0.2) is 0 Å². The highest BCUT2D eigenvalue weighted by Gasteiger charge is 2.28. The summed E-state index contributed by atoms with van der Waals surface area (Å²) in [4.78, 5) is 12.1. The zero-order chi connectivity index (χ0) is 15.1. The van der Waals surface area contributed by atoms with Crippen molar-refractivity contribution in [1.82, 2.24) is 10.6 Å². The Morgan fingerprint density at radius 1 is 1.38 bits per heavy atom. The van der Waals surface area contributed by atoms with Crippen molar-refractivity contribution in [2.24, 2.45) is 0 Å². The fraction of sp³-hybridized carbons (Fsp3) is 0.562. The summed E-state index contributed by atoms with van der Waals surface area (Å²) in [6, 6.07) is 9.72. The molecule has 1 saturated carbocycles. The molecule has 116 valence electrons. The van der Waals surface area contributed by atoms with Crippen LogP contribution in [-0.2, 0) is 6.42 Å². The minimum absolute atomic E-state index is 0.0566. The van der Waals surface area contributed by atoms with Crippen LogP contribution in [0.2, 0.25) is 0 Å². The summed E-state index contributed by atoms with van der Waals surface area (Å²) < 4.78 is 0. The van der Waals surface area contributed by atoms with Crippen LogP contribution in [0, 0.1) is 0 Å². The number of thioether (sulfide) groups is 1. The number of hydrogen-bond donors (Lipinski definition) is 3. The molecule has 0 aromatic heterocycles. The van der Waals surface area contributed by atoms with Crippen molar-refractivity contribution < 1.29 is 9.90 Å². The Morgan fingerprint density at radius 2 is 2.14 bits per heavy atom. The molecule has 0 saturated heterocycles. The van der Waals surface area contributed by atoms with Crippen molar-refractivity contribution in [1.29, 1.82) is 0 Å². The Balaban J connectivity index is 1.82. The second-order valence-corrected chi connectivity index (χ2v) is 6.58. The molecule has 5 heteroatoms. The van der Waals surface area contributed by atoms with Crippen LogP contribution in [0.15, 0.2) is 30.3 Å². The lowest BCUT2D eigenvalue weighted by molar-refractivity contribution is 0.213. The summed E-state index contributed by atoms with van der Waals surface area (Å²) in [6.07, 6.45) is 6.11. The number of carbonyl (C=O) groups excluding carboxylic acids is 1. The number of benzene rings is 1. The van der Waals surface area contributed by atoms with Gasteiger partial charge in [-0.25, -0.2) is 4.79 Å². The summed E-state index contributed by atoms with van der Waals surface area (Å²) in [5.41, 5.74) is 1.11. The third-order valence-corrected chi connectivity index (χ3v) is 5.12. The zero-order valence-corrected chi connectivity index (χ0v) is 13.2. The molecule has 0 bridgehead atoms. The molecule has 3 N–H and O–H groups in total. The van der Waals surface area contributed by atoms with E-state index < -0.39 is 0 Å². The van der Waals surface area contributed by atoms with E-state index in [-0.39, 0.29) is 24.7 Å². The molecule has 3 atom stereocenters. The van der Waals surface area contributed by atoms with Crippen LogP contribution >= 0.6 is 11.8 Å². The first-order chi connectivity index (χ1) is 10.2. The highest BCUT2D eigenvalue weighted by Crippen LogP contribution is 2.28. The van der Waals surface area contributed by atoms with E-state index in [4.69, 9.17) is 0 Å². The molecule has 2 amide bonds. The maximum absolute atomic E-state index is 12.1. The van der Waals surface area contributed by atoms with Crippen molar-refractivity contribution in [2.75, 3.05) is 12.9 Å². The molecule has 0 radical (unpaired) electrons. The number of rotatable bonds is 6. The van der Waals surface area contributed by atoms with Gasteiger partial charge in [0, 0.05) is 11.3 Å². The Morgan fingerprint density at radius 3 is 2.81 bits per heavy atom. The maximum atomic E-state index is 12.1. The quantitative estimate of drug-likeness (QED) is 0.755. The van der Waals surface area contributed by atoms with Crippen molar-refractivity contribution in [3.63, 3.8) is 0 Å². The second kappa shape index (κ2) is 8.29. The molecule has 1 aromatic rings. The number of hydrogen-bond acceptors (Lipinski definition) is 3. The Bertz CT molecular complexity index is 441. The molecule has 21 heavy (non-hydrogen) atoms. The zero-order valence-electron chi connectivity index (χ0n) is 12.4. The molecule has 1 aliphatic carbocycles. The van der Waals surface area contributed by atoms with E-state index in [9.17, 15) is 9.90 Å². The summed E-state index contributed by atoms with van der Waals surface area (Å²) in [5.74, 6) is 0. The first kappa shape index (κ1) is 16.2. The lowest BCUT2D eigenvalue weighted by Gasteiger charge is -2.22. The molecule has 4 nitrogen and oxygen atoms in total. The Labute approximate surface area is 130 Å². The van der Waals surface area contributed by atoms with E-state index in [2.05, 4.69) is 16.9 Å². The SMILES string of the molecule is CSC1CCCC1NC(=O)NC(CO)Cc1ccccc1. The van der Waals surface area contributed by atoms with Gasteiger partial charge in [0.1, 0.15) is 0 Å². The van der Waals surface area contributed by atoms with Crippen LogP contribution in [0.1, 0.15) is 24.8 Å². The predicted molar refractivity (Wildman–Crippen MR) is 87.6 cm³/mol. The number of aliphatic hydroxyl groups is 1. The van der Waals surface area contributed by atoms with E-state index in [0.717, 1.165) is 12.0 Å². The van der Waals surface area contributed by atoms with Gasteiger partial charge in [-0.3, -0.25) is 0 Å². The normalized spacial score (nSPS) is 22.8. The Hall–Kier alpha value is -1.20. The van der Waals surface area contributed by atoms with Gasteiger partial charge in [0.05, 0.1) is 12.6 Å². The molecule has 0 aliphatic heterocycles. The number of amides is 2. The molecule has 0 spiro atoms. The Kier molecular flexibility index (Phi) is 6.39. The minimum Gasteiger partial charge on any atom is -0.394 e. The highest BCUT2D eigenvalue weighted by molar-refractivity contribution is 7.99. The van der Waals surface area contributed by atoms with E-state index in [1.54, 1.807) is 0 Å². The van der Waals surface area contributed by atoms with Crippen molar-refractivity contribution in [2.45, 2.75) is 43.0 Å². The average molecular weight is 308 g/mol. The van der Waals surface area contributed by atoms with Gasteiger partial charge >= 0.3 is 6.03 Å². The predicted octanol–water partition coefficient (Wildman–Crippen LogP) is 2.17. The highest BCUT2D eigenvalue weighted by atomic mass is 32.2. The van der Waals surface area contributed by atoms with Crippen molar-refractivity contribution in [3.8, 4) is 0 Å². The van der Waals surface area contributed by atoms with Crippen molar-refractivity contribution >= 4 is 17.8 Å². The molecule has 0 heterocycles. The third-order valence-electron chi connectivity index (χ3n) is 3.95. The standard InChI is InChI=1S/C16H24N2O2S/c1-21-15-9-5-8-14(15)18-16(20)17-13(11-19)10-12-6-3-2-4-7-12/h2-4,6-7,13-15,19H,5,8-11H2,1H3,(H2,17,18,20). The van der Waals surface area contributed by atoms with Crippen LogP contribution in [0.5, 0.6) is 0 Å². The van der Waals surface area contributed by atoms with Crippen LogP contribution in [0.25, 0.3) is 0 Å². The van der Waals surface area contributed by atoms with Gasteiger partial charge in [-0.2, -0.15) is 11.8 Å². The van der Waals surface area contributed by atoms with Crippen LogP contribution < -0.4 is 10.6 Å². The molecular weight excluding hydrogens is 284 g/mol. The molecule has 1 aromatic carbocycles. The number of nitrogens with one attached hydrogen (secondary N) is 2. The van der Waals surface area contributed by atoms with Crippen LogP contribution in [-0.4, -0.2) is 41.3 Å². The monoisotopic (exact) mass is 308 g/mol. The molecule has 1 aliphatic rings. The largest absolute Gasteiger partial charge is 0.394 e. The molecule has 2 rings (SSSR count). The summed E-state index contributed by atoms with van der Waals surface area (Å²) >= 11 is 1.82. The minimum atomic E-state index is -0.249. The number of aliphatic hydroxyl groups excluding tert-OH is 1. The van der Waals surface area contributed by atoms with E-state index in [1.807, 2.05) is 42.1 Å². The van der Waals surface area contributed by atoms with Crippen molar-refractivity contribution in [3.05, 3.63) is 35.9 Å². The molecular formula is C16H24N2O2S. The summed E-state index contributed by atoms with van der Waals surface area (Å²) in [7, 11) is 0. The lowest BCUT2D eigenvalue weighted by Crippen LogP contribution is -2.49. The van der Waals surface area contributed by atoms with Gasteiger partial charge < -0.3 is 15.7 Å². The van der Waals surface area contributed by atoms with Gasteiger partial charge in [0.25, 0.3) is 0 Å². The topological polar surface area (TPSA) is 61.4 Å². The number of urea groups is 1. The third kappa shape index (κ3) is 4.93. The maximum Gasteiger partial charge on any atom is 0.315 e. The van der Waals surface area contributed by atoms with Crippen LogP contribution in [0.4, 0.5) is 4.79 Å². The smallest absolute Gasteiger partial charge is 0.315 e. The van der Waals surface area contributed by atoms with Gasteiger partial charge in [-0.05, 0) is 31.1 Å². The molecule has 1 fully saturated rings. The first-order valence-corrected chi connectivity index (χ1v) is 8.76. The van der Waals surface area contributed by atoms with Gasteiger partial charge in [-0.1, -0.05) is 36.8 Å². The second-order valence-electron chi connectivity index (χ2n) is 5.50.